The zero-order valence-electron chi connectivity index (χ0n) is 10.3. The van der Waals surface area contributed by atoms with Crippen molar-refractivity contribution >= 4 is 11.7 Å². The van der Waals surface area contributed by atoms with E-state index in [-0.39, 0.29) is 5.54 Å². The normalized spacial score (nSPS) is 11.2. The Balaban J connectivity index is 2.74. The van der Waals surface area contributed by atoms with Crippen LogP contribution in [0.4, 0.5) is 19.3 Å². The molecular formula is C11H15F2N3O2. The first-order valence-corrected chi connectivity index (χ1v) is 5.22. The van der Waals surface area contributed by atoms with E-state index < -0.39 is 29.1 Å². The van der Waals surface area contributed by atoms with Crippen LogP contribution in [0.2, 0.25) is 0 Å². The molecule has 0 heterocycles. The lowest BCUT2D eigenvalue weighted by atomic mass is 10.1. The Hall–Kier alpha value is -1.89. The maximum Gasteiger partial charge on any atom is 0.333 e. The monoisotopic (exact) mass is 259 g/mol. The molecule has 0 unspecified atom stereocenters. The molecule has 7 heteroatoms. The number of urea groups is 1. The van der Waals surface area contributed by atoms with Gasteiger partial charge in [-0.25, -0.2) is 19.0 Å². The number of benzene rings is 1. The minimum atomic E-state index is -1.02. The fraction of sp³-hybridized carbons (Fsp3) is 0.364. The van der Waals surface area contributed by atoms with Crippen molar-refractivity contribution in [3.8, 4) is 5.75 Å². The number of phenolic OH excluding ortho intramolecular Hbond substituents is 1. The summed E-state index contributed by atoms with van der Waals surface area (Å²) in [5, 5.41) is 11.3. The number of rotatable bonds is 2. The molecule has 18 heavy (non-hydrogen) atoms. The van der Waals surface area contributed by atoms with E-state index in [1.54, 1.807) is 20.8 Å². The van der Waals surface area contributed by atoms with Crippen molar-refractivity contribution in [2.24, 2.45) is 0 Å². The molecule has 1 rings (SSSR count). The molecule has 0 aliphatic rings. The lowest BCUT2D eigenvalue weighted by Gasteiger charge is -2.21. The van der Waals surface area contributed by atoms with Gasteiger partial charge >= 0.3 is 6.03 Å². The number of amides is 2. The molecule has 0 saturated carbocycles. The number of carbonyl (C=O) groups is 1. The lowest BCUT2D eigenvalue weighted by molar-refractivity contribution is 0.240. The largest absolute Gasteiger partial charge is 0.503 e. The van der Waals surface area contributed by atoms with E-state index in [1.165, 1.54) is 0 Å². The molecular weight excluding hydrogens is 244 g/mol. The Morgan fingerprint density at radius 3 is 2.33 bits per heavy atom. The Morgan fingerprint density at radius 2 is 1.78 bits per heavy atom. The van der Waals surface area contributed by atoms with Crippen molar-refractivity contribution in [1.82, 2.24) is 10.9 Å². The Bertz CT molecular complexity index is 458. The fourth-order valence-corrected chi connectivity index (χ4v) is 1.05. The van der Waals surface area contributed by atoms with Crippen molar-refractivity contribution in [1.29, 1.82) is 0 Å². The van der Waals surface area contributed by atoms with Gasteiger partial charge in [0.05, 0.1) is 0 Å². The molecule has 100 valence electrons. The minimum absolute atomic E-state index is 0.389. The molecule has 5 nitrogen and oxygen atoms in total. The average Bonchev–Trinajstić information content (AvgIpc) is 2.26. The molecule has 0 aromatic heterocycles. The van der Waals surface area contributed by atoms with Gasteiger partial charge in [-0.2, -0.15) is 0 Å². The summed E-state index contributed by atoms with van der Waals surface area (Å²) < 4.78 is 26.3. The van der Waals surface area contributed by atoms with Gasteiger partial charge in [0.1, 0.15) is 5.69 Å². The number of hydrogen-bond acceptors (Lipinski definition) is 3. The van der Waals surface area contributed by atoms with Gasteiger partial charge in [-0.15, -0.1) is 0 Å². The third-order valence-corrected chi connectivity index (χ3v) is 1.87. The van der Waals surface area contributed by atoms with Crippen LogP contribution in [0.1, 0.15) is 20.8 Å². The molecule has 4 N–H and O–H groups in total. The molecule has 0 saturated heterocycles. The standard InChI is InChI=1S/C11H15F2N3O2/c1-11(2,3)16-15-10(18)14-8-6(12)4-5-7(13)9(8)17/h4-5,16-17H,1-3H3,(H2,14,15,18). The zero-order valence-corrected chi connectivity index (χ0v) is 10.3. The van der Waals surface area contributed by atoms with Crippen LogP contribution in [0.25, 0.3) is 0 Å². The van der Waals surface area contributed by atoms with E-state index >= 15 is 0 Å². The second-order valence-electron chi connectivity index (χ2n) is 4.71. The van der Waals surface area contributed by atoms with Crippen molar-refractivity contribution < 1.29 is 18.7 Å². The second kappa shape index (κ2) is 5.18. The highest BCUT2D eigenvalue weighted by molar-refractivity contribution is 5.90. The average molecular weight is 259 g/mol. The number of phenols is 1. The van der Waals surface area contributed by atoms with E-state index in [9.17, 15) is 18.7 Å². The summed E-state index contributed by atoms with van der Waals surface area (Å²) in [5.74, 6) is -2.89. The van der Waals surface area contributed by atoms with E-state index in [1.807, 2.05) is 5.32 Å². The van der Waals surface area contributed by atoms with Crippen LogP contribution in [0.15, 0.2) is 12.1 Å². The highest BCUT2D eigenvalue weighted by Crippen LogP contribution is 2.28. The highest BCUT2D eigenvalue weighted by atomic mass is 19.1. The molecule has 1 aromatic rings. The number of halogens is 2. The van der Waals surface area contributed by atoms with Gasteiger partial charge in [0.15, 0.2) is 17.4 Å². The van der Waals surface area contributed by atoms with Gasteiger partial charge in [-0.1, -0.05) is 0 Å². The molecule has 0 atom stereocenters. The van der Waals surface area contributed by atoms with E-state index in [4.69, 9.17) is 0 Å². The van der Waals surface area contributed by atoms with Crippen LogP contribution >= 0.6 is 0 Å². The molecule has 0 spiro atoms. The van der Waals surface area contributed by atoms with Crippen LogP contribution in [0.3, 0.4) is 0 Å². The topological polar surface area (TPSA) is 73.4 Å². The Kier molecular flexibility index (Phi) is 4.07. The summed E-state index contributed by atoms with van der Waals surface area (Å²) in [7, 11) is 0. The van der Waals surface area contributed by atoms with Gasteiger partial charge in [0.2, 0.25) is 0 Å². The van der Waals surface area contributed by atoms with Gasteiger partial charge in [0.25, 0.3) is 0 Å². The zero-order chi connectivity index (χ0) is 13.9. The van der Waals surface area contributed by atoms with E-state index in [2.05, 4.69) is 10.9 Å². The molecule has 2 amide bonds. The van der Waals surface area contributed by atoms with Crippen LogP contribution in [-0.2, 0) is 0 Å². The van der Waals surface area contributed by atoms with Gasteiger partial charge in [-0.3, -0.25) is 5.43 Å². The summed E-state index contributed by atoms with van der Waals surface area (Å²) >= 11 is 0. The Labute approximate surface area is 103 Å². The number of carbonyl (C=O) groups excluding carboxylic acids is 1. The first-order chi connectivity index (χ1) is 8.20. The van der Waals surface area contributed by atoms with Gasteiger partial charge in [-0.05, 0) is 32.9 Å². The van der Waals surface area contributed by atoms with Crippen LogP contribution in [0, 0.1) is 11.6 Å². The number of hydrazine groups is 1. The van der Waals surface area contributed by atoms with Gasteiger partial charge < -0.3 is 10.4 Å². The third kappa shape index (κ3) is 3.85. The molecule has 0 bridgehead atoms. The quantitative estimate of drug-likeness (QED) is 0.485. The maximum atomic E-state index is 13.3. The number of aromatic hydroxyl groups is 1. The first-order valence-electron chi connectivity index (χ1n) is 5.22. The second-order valence-corrected chi connectivity index (χ2v) is 4.71. The van der Waals surface area contributed by atoms with E-state index in [0.29, 0.717) is 0 Å². The van der Waals surface area contributed by atoms with Crippen molar-refractivity contribution in [2.45, 2.75) is 26.3 Å². The SMILES string of the molecule is CC(C)(C)NNC(=O)Nc1c(F)ccc(F)c1O. The smallest absolute Gasteiger partial charge is 0.333 e. The van der Waals surface area contributed by atoms with Gasteiger partial charge in [0, 0.05) is 5.54 Å². The van der Waals surface area contributed by atoms with Crippen LogP contribution in [-0.4, -0.2) is 16.7 Å². The van der Waals surface area contributed by atoms with E-state index in [0.717, 1.165) is 12.1 Å². The van der Waals surface area contributed by atoms with Crippen LogP contribution < -0.4 is 16.2 Å². The summed E-state index contributed by atoms with van der Waals surface area (Å²) in [6.45, 7) is 5.40. The molecule has 0 aliphatic carbocycles. The van der Waals surface area contributed by atoms with Crippen molar-refractivity contribution in [2.75, 3.05) is 5.32 Å². The predicted molar refractivity (Wildman–Crippen MR) is 63.1 cm³/mol. The summed E-state index contributed by atoms with van der Waals surface area (Å²) in [6, 6.07) is 0.757. The number of anilines is 1. The van der Waals surface area contributed by atoms with Crippen LogP contribution in [0.5, 0.6) is 5.75 Å². The summed E-state index contributed by atoms with van der Waals surface area (Å²) in [6.07, 6.45) is 0. The molecule has 0 fully saturated rings. The van der Waals surface area contributed by atoms with Crippen molar-refractivity contribution in [3.63, 3.8) is 0 Å². The lowest BCUT2D eigenvalue weighted by Crippen LogP contribution is -2.50. The Morgan fingerprint density at radius 1 is 1.22 bits per heavy atom. The minimum Gasteiger partial charge on any atom is -0.503 e. The molecule has 1 aromatic carbocycles. The molecule has 0 radical (unpaired) electrons. The number of nitrogens with one attached hydrogen (secondary N) is 3. The highest BCUT2D eigenvalue weighted by Gasteiger charge is 2.16. The van der Waals surface area contributed by atoms with Crippen molar-refractivity contribution in [3.05, 3.63) is 23.8 Å². The predicted octanol–water partition coefficient (Wildman–Crippen LogP) is 2.10. The first kappa shape index (κ1) is 14.2. The summed E-state index contributed by atoms with van der Waals surface area (Å²) in [4.78, 5) is 11.4. The number of hydrogen-bond donors (Lipinski definition) is 4. The molecule has 0 aliphatic heterocycles. The third-order valence-electron chi connectivity index (χ3n) is 1.87. The fourth-order valence-electron chi connectivity index (χ4n) is 1.05. The summed E-state index contributed by atoms with van der Waals surface area (Å²) in [5.41, 5.74) is 3.88. The maximum absolute atomic E-state index is 13.3.